The highest BCUT2D eigenvalue weighted by Gasteiger charge is 2.22. The number of ether oxygens (including phenoxy) is 1. The second-order valence-corrected chi connectivity index (χ2v) is 5.17. The fraction of sp³-hybridized carbons (Fsp3) is 0.533. The molecule has 1 saturated heterocycles. The van der Waals surface area contributed by atoms with Crippen LogP contribution in [0.4, 0.5) is 5.69 Å². The number of hydrogen-bond donors (Lipinski definition) is 2. The van der Waals surface area contributed by atoms with Crippen LogP contribution in [0.1, 0.15) is 30.1 Å². The molecule has 0 spiro atoms. The Morgan fingerprint density at radius 1 is 1.55 bits per heavy atom. The predicted molar refractivity (Wildman–Crippen MR) is 80.0 cm³/mol. The van der Waals surface area contributed by atoms with E-state index in [-0.39, 0.29) is 11.9 Å². The first-order valence-corrected chi connectivity index (χ1v) is 7.10. The first-order chi connectivity index (χ1) is 9.63. The van der Waals surface area contributed by atoms with E-state index >= 15 is 0 Å². The molecule has 0 saturated carbocycles. The number of benzene rings is 1. The Morgan fingerprint density at radius 3 is 3.05 bits per heavy atom. The van der Waals surface area contributed by atoms with Crippen molar-refractivity contribution in [2.75, 3.05) is 32.5 Å². The maximum Gasteiger partial charge on any atom is 0.255 e. The highest BCUT2D eigenvalue weighted by molar-refractivity contribution is 5.98. The van der Waals surface area contributed by atoms with Crippen LogP contribution in [0.2, 0.25) is 0 Å². The Kier molecular flexibility index (Phi) is 4.84. The average Bonchev–Trinajstić information content (AvgIpc) is 2.47. The number of methoxy groups -OCH3 is 1. The minimum atomic E-state index is -0.114. The largest absolute Gasteiger partial charge is 0.496 e. The number of hydrogen-bond acceptors (Lipinski definition) is 4. The smallest absolute Gasteiger partial charge is 0.255 e. The monoisotopic (exact) mass is 277 g/mol. The van der Waals surface area contributed by atoms with Gasteiger partial charge in [0.05, 0.1) is 12.7 Å². The number of likely N-dealkylation sites (N-methyl/N-ethyl adjacent to an activating group) is 1. The van der Waals surface area contributed by atoms with Crippen LogP contribution in [0.5, 0.6) is 5.75 Å². The van der Waals surface area contributed by atoms with Gasteiger partial charge >= 0.3 is 0 Å². The van der Waals surface area contributed by atoms with Crippen LogP contribution in [-0.4, -0.2) is 43.6 Å². The van der Waals surface area contributed by atoms with Gasteiger partial charge in [-0.1, -0.05) is 6.92 Å². The van der Waals surface area contributed by atoms with Crippen LogP contribution < -0.4 is 15.8 Å². The molecule has 1 aliphatic heterocycles. The molecular weight excluding hydrogens is 254 g/mol. The Bertz CT molecular complexity index is 476. The molecule has 1 amide bonds. The zero-order valence-corrected chi connectivity index (χ0v) is 12.2. The lowest BCUT2D eigenvalue weighted by atomic mass is 10.0. The van der Waals surface area contributed by atoms with Gasteiger partial charge in [-0.15, -0.1) is 0 Å². The molecule has 1 atom stereocenters. The molecule has 5 nitrogen and oxygen atoms in total. The quantitative estimate of drug-likeness (QED) is 0.818. The minimum absolute atomic E-state index is 0.114. The molecule has 0 aliphatic carbocycles. The number of carbonyl (C=O) groups is 1. The maximum atomic E-state index is 12.4. The summed E-state index contributed by atoms with van der Waals surface area (Å²) in [5.41, 5.74) is 6.82. The van der Waals surface area contributed by atoms with Gasteiger partial charge in [-0.25, -0.2) is 0 Å². The molecule has 3 N–H and O–H groups in total. The molecule has 1 aromatic rings. The standard InChI is InChI=1S/C15H23N3O2/c1-3-18-8-4-5-12(10-18)17-15(19)13-9-11(16)6-7-14(13)20-2/h6-7,9,12H,3-5,8,10,16H2,1-2H3,(H,17,19)/t12-/m0/s1. The molecule has 5 heteroatoms. The zero-order valence-electron chi connectivity index (χ0n) is 12.2. The lowest BCUT2D eigenvalue weighted by Crippen LogP contribution is -2.47. The number of nitrogen functional groups attached to an aromatic ring is 1. The number of amides is 1. The highest BCUT2D eigenvalue weighted by Crippen LogP contribution is 2.21. The third-order valence-electron chi connectivity index (χ3n) is 3.76. The number of rotatable bonds is 4. The Morgan fingerprint density at radius 2 is 2.35 bits per heavy atom. The second-order valence-electron chi connectivity index (χ2n) is 5.17. The van der Waals surface area contributed by atoms with Crippen LogP contribution in [0.15, 0.2) is 18.2 Å². The fourth-order valence-electron chi connectivity index (χ4n) is 2.63. The van der Waals surface area contributed by atoms with Crippen molar-refractivity contribution >= 4 is 11.6 Å². The molecule has 20 heavy (non-hydrogen) atoms. The lowest BCUT2D eigenvalue weighted by molar-refractivity contribution is 0.0903. The number of nitrogens with zero attached hydrogens (tertiary/aromatic N) is 1. The first kappa shape index (κ1) is 14.7. The molecule has 1 aromatic carbocycles. The van der Waals surface area contributed by atoms with Gasteiger partial charge in [-0.05, 0) is 44.1 Å². The second kappa shape index (κ2) is 6.61. The van der Waals surface area contributed by atoms with E-state index < -0.39 is 0 Å². The van der Waals surface area contributed by atoms with Crippen LogP contribution in [0.25, 0.3) is 0 Å². The van der Waals surface area contributed by atoms with Gasteiger partial charge in [0.15, 0.2) is 0 Å². The van der Waals surface area contributed by atoms with Crippen molar-refractivity contribution < 1.29 is 9.53 Å². The van der Waals surface area contributed by atoms with Crippen molar-refractivity contribution in [3.8, 4) is 5.75 Å². The van der Waals surface area contributed by atoms with Crippen molar-refractivity contribution in [2.24, 2.45) is 0 Å². The van der Waals surface area contributed by atoms with Gasteiger partial charge in [0.1, 0.15) is 5.75 Å². The van der Waals surface area contributed by atoms with Gasteiger partial charge < -0.3 is 20.7 Å². The number of piperidine rings is 1. The van der Waals surface area contributed by atoms with Crippen LogP contribution in [-0.2, 0) is 0 Å². The number of anilines is 1. The molecule has 0 unspecified atom stereocenters. The molecule has 0 aromatic heterocycles. The molecule has 2 rings (SSSR count). The molecule has 1 fully saturated rings. The summed E-state index contributed by atoms with van der Waals surface area (Å²) in [5, 5.41) is 3.09. The van der Waals surface area contributed by atoms with E-state index in [1.165, 1.54) is 0 Å². The van der Waals surface area contributed by atoms with E-state index in [0.29, 0.717) is 17.0 Å². The van der Waals surface area contributed by atoms with Gasteiger partial charge in [0, 0.05) is 18.3 Å². The number of carbonyl (C=O) groups excluding carboxylic acids is 1. The molecule has 110 valence electrons. The third-order valence-corrected chi connectivity index (χ3v) is 3.76. The van der Waals surface area contributed by atoms with Crippen LogP contribution >= 0.6 is 0 Å². The summed E-state index contributed by atoms with van der Waals surface area (Å²) in [4.78, 5) is 14.7. The normalized spacial score (nSPS) is 19.6. The first-order valence-electron chi connectivity index (χ1n) is 7.10. The van der Waals surface area contributed by atoms with E-state index in [1.54, 1.807) is 25.3 Å². The van der Waals surface area contributed by atoms with Crippen molar-refractivity contribution in [1.82, 2.24) is 10.2 Å². The van der Waals surface area contributed by atoms with E-state index in [0.717, 1.165) is 32.5 Å². The summed E-state index contributed by atoms with van der Waals surface area (Å²) in [7, 11) is 1.56. The Hall–Kier alpha value is -1.75. The van der Waals surface area contributed by atoms with Gasteiger partial charge in [-0.3, -0.25) is 4.79 Å². The summed E-state index contributed by atoms with van der Waals surface area (Å²) in [6.07, 6.45) is 2.14. The predicted octanol–water partition coefficient (Wildman–Crippen LogP) is 1.49. The van der Waals surface area contributed by atoms with Crippen molar-refractivity contribution in [2.45, 2.75) is 25.8 Å². The minimum Gasteiger partial charge on any atom is -0.496 e. The Labute approximate surface area is 120 Å². The summed E-state index contributed by atoms with van der Waals surface area (Å²) in [6.45, 7) is 5.19. The highest BCUT2D eigenvalue weighted by atomic mass is 16.5. The topological polar surface area (TPSA) is 67.6 Å². The summed E-state index contributed by atoms with van der Waals surface area (Å²) in [6, 6.07) is 5.31. The van der Waals surface area contributed by atoms with Gasteiger partial charge in [0.2, 0.25) is 0 Å². The lowest BCUT2D eigenvalue weighted by Gasteiger charge is -2.32. The van der Waals surface area contributed by atoms with Gasteiger partial charge in [-0.2, -0.15) is 0 Å². The van der Waals surface area contributed by atoms with Crippen LogP contribution in [0, 0.1) is 0 Å². The average molecular weight is 277 g/mol. The molecule has 0 radical (unpaired) electrons. The number of likely N-dealkylation sites (tertiary alicyclic amines) is 1. The molecule has 0 bridgehead atoms. The molecule has 1 aliphatic rings. The maximum absolute atomic E-state index is 12.4. The summed E-state index contributed by atoms with van der Waals surface area (Å²) < 4.78 is 5.23. The molecular formula is C15H23N3O2. The van der Waals surface area contributed by atoms with E-state index in [2.05, 4.69) is 17.1 Å². The Balaban J connectivity index is 2.06. The fourth-order valence-corrected chi connectivity index (χ4v) is 2.63. The van der Waals surface area contributed by atoms with Crippen LogP contribution in [0.3, 0.4) is 0 Å². The number of nitrogens with one attached hydrogen (secondary N) is 1. The van der Waals surface area contributed by atoms with E-state index in [1.807, 2.05) is 0 Å². The SMILES string of the molecule is CCN1CCC[C@H](NC(=O)c2cc(N)ccc2OC)C1. The third kappa shape index (κ3) is 3.42. The summed E-state index contributed by atoms with van der Waals surface area (Å²) >= 11 is 0. The van der Waals surface area contributed by atoms with E-state index in [4.69, 9.17) is 10.5 Å². The van der Waals surface area contributed by atoms with Gasteiger partial charge in [0.25, 0.3) is 5.91 Å². The zero-order chi connectivity index (χ0) is 14.5. The van der Waals surface area contributed by atoms with Crippen molar-refractivity contribution in [3.63, 3.8) is 0 Å². The number of nitrogens with two attached hydrogens (primary N) is 1. The summed E-state index contributed by atoms with van der Waals surface area (Å²) in [5.74, 6) is 0.442. The molecule has 1 heterocycles. The van der Waals surface area contributed by atoms with Crippen molar-refractivity contribution in [1.29, 1.82) is 0 Å². The van der Waals surface area contributed by atoms with Crippen molar-refractivity contribution in [3.05, 3.63) is 23.8 Å². The van der Waals surface area contributed by atoms with E-state index in [9.17, 15) is 4.79 Å².